The summed E-state index contributed by atoms with van der Waals surface area (Å²) in [6.07, 6.45) is 17.4. The Morgan fingerprint density at radius 1 is 0.816 bits per heavy atom. The molecular formula is C30H39Cl3N4O. The summed E-state index contributed by atoms with van der Waals surface area (Å²) in [6, 6.07) is 10.1. The summed E-state index contributed by atoms with van der Waals surface area (Å²) < 4.78 is 0. The van der Waals surface area contributed by atoms with Crippen LogP contribution in [0.15, 0.2) is 51.6 Å². The molecule has 0 spiro atoms. The maximum absolute atomic E-state index is 12.4. The Labute approximate surface area is 242 Å². The minimum atomic E-state index is -0.762. The van der Waals surface area contributed by atoms with Gasteiger partial charge in [0.05, 0.1) is 5.69 Å². The molecule has 3 rings (SSSR count). The standard InChI is InChI=1S/C30H39Cl3N4O/c1-2-3-4-5-6-7-8-9-10-11-12-13-14-18-34-23-16-15-17-24(21-23)35-29-28(36-37-30(29)38)27-25(32)19-22(31)20-26(27)33/h15-17,19-21,28,34H,2-14,18H2,1H3. The van der Waals surface area contributed by atoms with Crippen molar-refractivity contribution in [2.45, 2.75) is 96.4 Å². The molecule has 1 aliphatic rings. The topological polar surface area (TPSA) is 66.2 Å². The summed E-state index contributed by atoms with van der Waals surface area (Å²) in [7, 11) is 0. The van der Waals surface area contributed by atoms with Crippen LogP contribution in [0, 0.1) is 0 Å². The fraction of sp³-hybridized carbons (Fsp3) is 0.533. The zero-order chi connectivity index (χ0) is 27.2. The van der Waals surface area contributed by atoms with Gasteiger partial charge in [-0.25, -0.2) is 4.99 Å². The van der Waals surface area contributed by atoms with Crippen molar-refractivity contribution in [2.75, 3.05) is 11.9 Å². The maximum Gasteiger partial charge on any atom is 0.312 e. The van der Waals surface area contributed by atoms with Crippen molar-refractivity contribution < 1.29 is 4.79 Å². The van der Waals surface area contributed by atoms with E-state index in [1.807, 2.05) is 24.3 Å². The molecule has 2 aromatic rings. The number of benzene rings is 2. The highest BCUT2D eigenvalue weighted by atomic mass is 35.5. The van der Waals surface area contributed by atoms with Crippen LogP contribution in [-0.4, -0.2) is 18.2 Å². The molecule has 2 aromatic carbocycles. The molecule has 1 unspecified atom stereocenters. The van der Waals surface area contributed by atoms with Crippen LogP contribution in [0.4, 0.5) is 11.4 Å². The molecule has 8 heteroatoms. The third kappa shape index (κ3) is 9.98. The Balaban J connectivity index is 1.40. The zero-order valence-corrected chi connectivity index (χ0v) is 24.6. The van der Waals surface area contributed by atoms with Crippen molar-refractivity contribution in [3.63, 3.8) is 0 Å². The monoisotopic (exact) mass is 576 g/mol. The molecule has 1 heterocycles. The summed E-state index contributed by atoms with van der Waals surface area (Å²) in [4.78, 5) is 17.0. The van der Waals surface area contributed by atoms with Crippen molar-refractivity contribution in [3.05, 3.63) is 57.0 Å². The van der Waals surface area contributed by atoms with Crippen LogP contribution in [0.3, 0.4) is 0 Å². The van der Waals surface area contributed by atoms with E-state index in [2.05, 4.69) is 27.5 Å². The van der Waals surface area contributed by atoms with E-state index in [9.17, 15) is 4.79 Å². The van der Waals surface area contributed by atoms with Crippen molar-refractivity contribution in [1.82, 2.24) is 0 Å². The summed E-state index contributed by atoms with van der Waals surface area (Å²) in [5.41, 5.74) is 2.26. The molecule has 1 aliphatic heterocycles. The first-order chi connectivity index (χ1) is 18.5. The molecular weight excluding hydrogens is 539 g/mol. The Bertz CT molecular complexity index is 1080. The van der Waals surface area contributed by atoms with Gasteiger partial charge in [-0.15, -0.1) is 5.11 Å². The summed E-state index contributed by atoms with van der Waals surface area (Å²) in [5.74, 6) is -0.498. The number of carbonyl (C=O) groups is 1. The minimum absolute atomic E-state index is 0.185. The normalized spacial score (nSPS) is 16.1. The fourth-order valence-corrected chi connectivity index (χ4v) is 5.67. The molecule has 0 aromatic heterocycles. The van der Waals surface area contributed by atoms with Crippen LogP contribution in [0.1, 0.15) is 102 Å². The molecule has 1 amide bonds. The largest absolute Gasteiger partial charge is 0.385 e. The molecule has 1 N–H and O–H groups in total. The van der Waals surface area contributed by atoms with Crippen LogP contribution < -0.4 is 5.32 Å². The summed E-state index contributed by atoms with van der Waals surface area (Å²) in [5, 5.41) is 12.3. The smallest absolute Gasteiger partial charge is 0.312 e. The second kappa shape index (κ2) is 16.9. The Morgan fingerprint density at radius 2 is 1.39 bits per heavy atom. The number of nitrogens with one attached hydrogen (secondary N) is 1. The zero-order valence-electron chi connectivity index (χ0n) is 22.3. The molecule has 38 heavy (non-hydrogen) atoms. The van der Waals surface area contributed by atoms with Gasteiger partial charge in [-0.05, 0) is 36.8 Å². The lowest BCUT2D eigenvalue weighted by Crippen LogP contribution is -2.14. The number of rotatable bonds is 17. The predicted octanol–water partition coefficient (Wildman–Crippen LogP) is 11.0. The van der Waals surface area contributed by atoms with Crippen LogP contribution in [0.25, 0.3) is 0 Å². The molecule has 206 valence electrons. The highest BCUT2D eigenvalue weighted by molar-refractivity contribution is 6.45. The van der Waals surface area contributed by atoms with Gasteiger partial charge in [0.2, 0.25) is 0 Å². The maximum atomic E-state index is 12.4. The van der Waals surface area contributed by atoms with E-state index >= 15 is 0 Å². The SMILES string of the molecule is CCCCCCCCCCCCCCCNc1cccc(N=C2C(=O)N=NC2c2c(Cl)cc(Cl)cc2Cl)c1. The second-order valence-corrected chi connectivity index (χ2v) is 11.2. The van der Waals surface area contributed by atoms with Crippen molar-refractivity contribution in [2.24, 2.45) is 15.2 Å². The van der Waals surface area contributed by atoms with Gasteiger partial charge in [0.1, 0.15) is 11.8 Å². The number of halogens is 3. The number of nitrogens with zero attached hydrogens (tertiary/aromatic N) is 3. The summed E-state index contributed by atoms with van der Waals surface area (Å²) >= 11 is 18.7. The van der Waals surface area contributed by atoms with E-state index in [4.69, 9.17) is 34.8 Å². The quantitative estimate of drug-likeness (QED) is 0.190. The molecule has 0 fully saturated rings. The van der Waals surface area contributed by atoms with Crippen LogP contribution in [0.2, 0.25) is 15.1 Å². The van der Waals surface area contributed by atoms with E-state index in [-0.39, 0.29) is 5.71 Å². The highest BCUT2D eigenvalue weighted by Crippen LogP contribution is 2.39. The van der Waals surface area contributed by atoms with Crippen molar-refractivity contribution in [1.29, 1.82) is 0 Å². The van der Waals surface area contributed by atoms with Crippen molar-refractivity contribution >= 4 is 57.8 Å². The number of unbranched alkanes of at least 4 members (excludes halogenated alkanes) is 12. The third-order valence-electron chi connectivity index (χ3n) is 6.76. The van der Waals surface area contributed by atoms with Gasteiger partial charge in [0.15, 0.2) is 0 Å². The predicted molar refractivity (Wildman–Crippen MR) is 162 cm³/mol. The van der Waals surface area contributed by atoms with Gasteiger partial charge in [0.25, 0.3) is 0 Å². The third-order valence-corrected chi connectivity index (χ3v) is 7.61. The molecule has 1 atom stereocenters. The van der Waals surface area contributed by atoms with Gasteiger partial charge >= 0.3 is 5.91 Å². The van der Waals surface area contributed by atoms with Gasteiger partial charge in [-0.3, -0.25) is 4.79 Å². The number of azo groups is 1. The Morgan fingerprint density at radius 3 is 2.00 bits per heavy atom. The van der Waals surface area contributed by atoms with Gasteiger partial charge in [-0.2, -0.15) is 5.11 Å². The number of hydrogen-bond donors (Lipinski definition) is 1. The van der Waals surface area contributed by atoms with E-state index < -0.39 is 11.9 Å². The van der Waals surface area contributed by atoms with Gasteiger partial charge in [-0.1, -0.05) is 125 Å². The molecule has 0 radical (unpaired) electrons. The van der Waals surface area contributed by atoms with Crippen LogP contribution in [-0.2, 0) is 4.79 Å². The average Bonchev–Trinajstić information content (AvgIpc) is 3.23. The lowest BCUT2D eigenvalue weighted by molar-refractivity contribution is -0.111. The van der Waals surface area contributed by atoms with E-state index in [0.717, 1.165) is 18.7 Å². The molecule has 0 saturated carbocycles. The Hall–Kier alpha value is -1.95. The molecule has 0 saturated heterocycles. The molecule has 0 bridgehead atoms. The second-order valence-electron chi connectivity index (χ2n) is 9.92. The number of hydrogen-bond acceptors (Lipinski definition) is 4. The van der Waals surface area contributed by atoms with E-state index in [0.29, 0.717) is 26.3 Å². The van der Waals surface area contributed by atoms with Crippen LogP contribution in [0.5, 0.6) is 0 Å². The summed E-state index contributed by atoms with van der Waals surface area (Å²) in [6.45, 7) is 3.17. The lowest BCUT2D eigenvalue weighted by atomic mass is 10.0. The Kier molecular flexibility index (Phi) is 13.6. The average molecular weight is 578 g/mol. The lowest BCUT2D eigenvalue weighted by Gasteiger charge is -2.12. The van der Waals surface area contributed by atoms with Gasteiger partial charge in [0, 0.05) is 32.9 Å². The fourth-order valence-electron chi connectivity index (χ4n) is 4.65. The first-order valence-electron chi connectivity index (χ1n) is 14.0. The molecule has 5 nitrogen and oxygen atoms in total. The number of carbonyl (C=O) groups excluding carboxylic acids is 1. The van der Waals surface area contributed by atoms with Gasteiger partial charge < -0.3 is 5.32 Å². The highest BCUT2D eigenvalue weighted by Gasteiger charge is 2.33. The number of anilines is 1. The number of amides is 1. The first-order valence-corrected chi connectivity index (χ1v) is 15.1. The van der Waals surface area contributed by atoms with Crippen molar-refractivity contribution in [3.8, 4) is 0 Å². The van der Waals surface area contributed by atoms with E-state index in [1.165, 1.54) is 77.0 Å². The van der Waals surface area contributed by atoms with Crippen LogP contribution >= 0.6 is 34.8 Å². The number of aliphatic imine (C=N–C) groups is 1. The first kappa shape index (κ1) is 30.6. The minimum Gasteiger partial charge on any atom is -0.385 e. The molecule has 0 aliphatic carbocycles. The van der Waals surface area contributed by atoms with E-state index in [1.54, 1.807) is 12.1 Å².